The zero-order valence-electron chi connectivity index (χ0n) is 21.0. The van der Waals surface area contributed by atoms with Gasteiger partial charge in [0, 0.05) is 40.7 Å². The van der Waals surface area contributed by atoms with Gasteiger partial charge in [-0.15, -0.1) is 0 Å². The van der Waals surface area contributed by atoms with Gasteiger partial charge in [-0.1, -0.05) is 28.6 Å². The molecular formula is C27H26BrF3N6O2. The number of benzene rings is 1. The fraction of sp³-hybridized carbons (Fsp3) is 0.407. The van der Waals surface area contributed by atoms with Crippen molar-refractivity contribution in [3.63, 3.8) is 0 Å². The molecule has 2 saturated heterocycles. The third kappa shape index (κ3) is 4.19. The molecule has 39 heavy (non-hydrogen) atoms. The van der Waals surface area contributed by atoms with Crippen LogP contribution in [0.4, 0.5) is 18.9 Å². The van der Waals surface area contributed by atoms with Crippen LogP contribution in [-0.2, 0) is 15.0 Å². The van der Waals surface area contributed by atoms with E-state index >= 15 is 0 Å². The van der Waals surface area contributed by atoms with Crippen LogP contribution in [0.2, 0.25) is 0 Å². The van der Waals surface area contributed by atoms with Crippen molar-refractivity contribution in [1.29, 1.82) is 0 Å². The maximum atomic E-state index is 14.0. The molecule has 2 fully saturated rings. The van der Waals surface area contributed by atoms with Gasteiger partial charge in [0.1, 0.15) is 12.6 Å². The molecule has 12 heteroatoms. The Morgan fingerprint density at radius 2 is 1.97 bits per heavy atom. The summed E-state index contributed by atoms with van der Waals surface area (Å²) in [7, 11) is 0. The highest BCUT2D eigenvalue weighted by molar-refractivity contribution is 9.10. The van der Waals surface area contributed by atoms with Gasteiger partial charge in [-0.25, -0.2) is 0 Å². The lowest BCUT2D eigenvalue weighted by Crippen LogP contribution is -2.52. The zero-order chi connectivity index (χ0) is 27.5. The summed E-state index contributed by atoms with van der Waals surface area (Å²) in [6.45, 7) is 4.93. The van der Waals surface area contributed by atoms with Gasteiger partial charge in [-0.05, 0) is 43.9 Å². The molecule has 0 unspecified atom stereocenters. The van der Waals surface area contributed by atoms with Gasteiger partial charge in [-0.2, -0.15) is 18.3 Å². The van der Waals surface area contributed by atoms with Crippen molar-refractivity contribution in [2.75, 3.05) is 31.1 Å². The van der Waals surface area contributed by atoms with Crippen molar-refractivity contribution >= 4 is 50.0 Å². The first-order valence-electron chi connectivity index (χ1n) is 12.8. The lowest BCUT2D eigenvalue weighted by Gasteiger charge is -2.40. The molecule has 1 N–H and O–H groups in total. The summed E-state index contributed by atoms with van der Waals surface area (Å²) in [5.41, 5.74) is 2.77. The highest BCUT2D eigenvalue weighted by atomic mass is 79.9. The van der Waals surface area contributed by atoms with Gasteiger partial charge in [0.2, 0.25) is 11.8 Å². The molecule has 2 amide bonds. The Morgan fingerprint density at radius 1 is 1.21 bits per heavy atom. The molecular weight excluding hydrogens is 577 g/mol. The molecule has 0 bridgehead atoms. The van der Waals surface area contributed by atoms with E-state index in [0.29, 0.717) is 31.6 Å². The number of nitrogens with zero attached hydrogens (tertiary/aromatic N) is 5. The van der Waals surface area contributed by atoms with E-state index in [9.17, 15) is 22.8 Å². The fourth-order valence-corrected chi connectivity index (χ4v) is 6.99. The summed E-state index contributed by atoms with van der Waals surface area (Å²) in [4.78, 5) is 36.0. The minimum atomic E-state index is -4.49. The van der Waals surface area contributed by atoms with Crippen molar-refractivity contribution in [3.05, 3.63) is 59.0 Å². The molecule has 1 atom stereocenters. The van der Waals surface area contributed by atoms with Crippen LogP contribution >= 0.6 is 15.9 Å². The Hall–Kier alpha value is -3.41. The molecule has 1 aromatic carbocycles. The van der Waals surface area contributed by atoms with Crippen LogP contribution in [0.15, 0.2) is 47.7 Å². The standard InChI is InChI=1S/C27H26BrF3N6O2/c1-16(19-12-17-13-33-34-20(17)14-32-19)35-10-7-26(8-11-35)24-18(28)4-2-5-21(24)37(25(26)39)15-23(38)36-9-3-6-22(36)27(29,30)31/h2,4-5,12-14,22H,1,3,6-11,15H2,(H,33,34)/t22-/m0/s1. The molecule has 8 nitrogen and oxygen atoms in total. The first-order chi connectivity index (χ1) is 18.6. The van der Waals surface area contributed by atoms with Crippen LogP contribution in [0.5, 0.6) is 0 Å². The molecule has 0 aliphatic carbocycles. The number of nitrogens with one attached hydrogen (secondary N) is 1. The average molecular weight is 603 g/mol. The summed E-state index contributed by atoms with van der Waals surface area (Å²) >= 11 is 3.61. The van der Waals surface area contributed by atoms with Gasteiger partial charge < -0.3 is 14.7 Å². The van der Waals surface area contributed by atoms with E-state index in [1.165, 1.54) is 4.90 Å². The molecule has 3 aromatic rings. The normalized spacial score (nSPS) is 20.8. The summed E-state index contributed by atoms with van der Waals surface area (Å²) in [6.07, 6.45) is 0.0489. The van der Waals surface area contributed by atoms with Gasteiger partial charge >= 0.3 is 6.18 Å². The van der Waals surface area contributed by atoms with E-state index in [1.54, 1.807) is 24.5 Å². The first kappa shape index (κ1) is 25.8. The van der Waals surface area contributed by atoms with Gasteiger partial charge in [0.25, 0.3) is 0 Å². The lowest BCUT2D eigenvalue weighted by atomic mass is 9.73. The molecule has 5 heterocycles. The molecule has 1 spiro atoms. The van der Waals surface area contributed by atoms with E-state index < -0.39 is 30.1 Å². The molecule has 0 radical (unpaired) electrons. The Bertz CT molecular complexity index is 1480. The SMILES string of the molecule is C=C(c1cc2cn[nH]c2cn1)N1CCC2(CC1)C(=O)N(CC(=O)N1CCC[C@H]1C(F)(F)F)c1cccc(Br)c12. The van der Waals surface area contributed by atoms with Crippen LogP contribution in [0.1, 0.15) is 36.9 Å². The van der Waals surface area contributed by atoms with Crippen molar-refractivity contribution in [2.24, 2.45) is 0 Å². The lowest BCUT2D eigenvalue weighted by molar-refractivity contribution is -0.182. The number of rotatable bonds is 4. The maximum absolute atomic E-state index is 14.0. The van der Waals surface area contributed by atoms with E-state index in [2.05, 4.69) is 42.6 Å². The molecule has 3 aliphatic heterocycles. The number of anilines is 1. The number of fused-ring (bicyclic) bond motifs is 3. The van der Waals surface area contributed by atoms with E-state index in [4.69, 9.17) is 0 Å². The number of halogens is 4. The summed E-state index contributed by atoms with van der Waals surface area (Å²) in [5.74, 6) is -0.929. The molecule has 6 rings (SSSR count). The van der Waals surface area contributed by atoms with Crippen molar-refractivity contribution < 1.29 is 22.8 Å². The number of likely N-dealkylation sites (tertiary alicyclic amines) is 2. The van der Waals surface area contributed by atoms with Gasteiger partial charge in [0.15, 0.2) is 0 Å². The number of aromatic nitrogens is 3. The number of carbonyl (C=O) groups is 2. The number of alkyl halides is 3. The highest BCUT2D eigenvalue weighted by Gasteiger charge is 2.54. The minimum Gasteiger partial charge on any atom is -0.370 e. The number of piperidine rings is 1. The Kier molecular flexibility index (Phi) is 6.20. The number of pyridine rings is 1. The topological polar surface area (TPSA) is 85.4 Å². The molecule has 2 aromatic heterocycles. The summed E-state index contributed by atoms with van der Waals surface area (Å²) < 4.78 is 41.3. The monoisotopic (exact) mass is 602 g/mol. The van der Waals surface area contributed by atoms with Crippen LogP contribution in [0.3, 0.4) is 0 Å². The smallest absolute Gasteiger partial charge is 0.370 e. The Morgan fingerprint density at radius 3 is 2.72 bits per heavy atom. The van der Waals surface area contributed by atoms with Crippen LogP contribution in [-0.4, -0.2) is 75.2 Å². The third-order valence-electron chi connectivity index (χ3n) is 8.28. The van der Waals surface area contributed by atoms with Gasteiger partial charge in [-0.3, -0.25) is 19.7 Å². The van der Waals surface area contributed by atoms with Crippen molar-refractivity contribution in [2.45, 2.75) is 43.3 Å². The first-order valence-corrected chi connectivity index (χ1v) is 13.6. The second kappa shape index (κ2) is 9.35. The molecule has 204 valence electrons. The second-order valence-electron chi connectivity index (χ2n) is 10.4. The maximum Gasteiger partial charge on any atom is 0.408 e. The minimum absolute atomic E-state index is 0.0389. The van der Waals surface area contributed by atoms with E-state index in [1.807, 2.05) is 12.1 Å². The largest absolute Gasteiger partial charge is 0.408 e. The van der Waals surface area contributed by atoms with Crippen molar-refractivity contribution in [1.82, 2.24) is 25.0 Å². The average Bonchev–Trinajstić information content (AvgIpc) is 3.64. The van der Waals surface area contributed by atoms with Crippen LogP contribution < -0.4 is 4.90 Å². The van der Waals surface area contributed by atoms with E-state index in [0.717, 1.165) is 37.2 Å². The number of H-pyrrole nitrogens is 1. The second-order valence-corrected chi connectivity index (χ2v) is 11.2. The Balaban J connectivity index is 1.24. The predicted molar refractivity (Wildman–Crippen MR) is 143 cm³/mol. The predicted octanol–water partition coefficient (Wildman–Crippen LogP) is 4.62. The number of carbonyl (C=O) groups excluding carboxylic acids is 2. The number of amides is 2. The zero-order valence-corrected chi connectivity index (χ0v) is 22.6. The summed E-state index contributed by atoms with van der Waals surface area (Å²) in [6, 6.07) is 5.51. The number of aromatic amines is 1. The molecule has 0 saturated carbocycles. The summed E-state index contributed by atoms with van der Waals surface area (Å²) in [5, 5.41) is 7.83. The number of hydrogen-bond acceptors (Lipinski definition) is 5. The van der Waals surface area contributed by atoms with Crippen molar-refractivity contribution in [3.8, 4) is 0 Å². The third-order valence-corrected chi connectivity index (χ3v) is 8.94. The van der Waals surface area contributed by atoms with Gasteiger partial charge in [0.05, 0.1) is 34.7 Å². The highest BCUT2D eigenvalue weighted by Crippen LogP contribution is 2.51. The van der Waals surface area contributed by atoms with Crippen LogP contribution in [0.25, 0.3) is 16.6 Å². The fourth-order valence-electron chi connectivity index (χ4n) is 6.26. The number of hydrogen-bond donors (Lipinski definition) is 1. The van der Waals surface area contributed by atoms with Crippen LogP contribution in [0, 0.1) is 0 Å². The Labute approximate surface area is 231 Å². The van der Waals surface area contributed by atoms with E-state index in [-0.39, 0.29) is 25.3 Å². The molecule has 3 aliphatic rings. The quantitative estimate of drug-likeness (QED) is 0.471.